The molecule has 0 aliphatic carbocycles. The Morgan fingerprint density at radius 3 is 2.25 bits per heavy atom. The highest BCUT2D eigenvalue weighted by molar-refractivity contribution is 7.22. The second-order valence-electron chi connectivity index (χ2n) is 1.23. The van der Waals surface area contributed by atoms with Crippen LogP contribution < -0.4 is 11.5 Å². The number of rotatable bonds is 1. The number of hydrogen-bond donors (Lipinski definition) is 2. The van der Waals surface area contributed by atoms with E-state index in [9.17, 15) is 0 Å². The number of nitrogens with two attached hydrogens (primary N) is 2. The minimum atomic E-state index is 0.359. The standard InChI is InChI=1S/C4H10N3P/c1-2-7-3(5)4(6)8/h2H,5-6,8H2,1H3/b4-3-,7-2?. The van der Waals surface area contributed by atoms with Crippen molar-refractivity contribution in [3.8, 4) is 0 Å². The van der Waals surface area contributed by atoms with Crippen molar-refractivity contribution >= 4 is 15.5 Å². The molecule has 0 aromatic heterocycles. The Morgan fingerprint density at radius 1 is 1.62 bits per heavy atom. The summed E-state index contributed by atoms with van der Waals surface area (Å²) in [4.78, 5) is 3.71. The van der Waals surface area contributed by atoms with Gasteiger partial charge in [0.15, 0.2) is 0 Å². The summed E-state index contributed by atoms with van der Waals surface area (Å²) in [6.07, 6.45) is 1.59. The van der Waals surface area contributed by atoms with Crippen LogP contribution in [0.3, 0.4) is 0 Å². The molecule has 0 amide bonds. The summed E-state index contributed by atoms with van der Waals surface area (Å²) in [5, 5.41) is 0. The summed E-state index contributed by atoms with van der Waals surface area (Å²) >= 11 is 0. The Bertz CT molecular complexity index is 123. The van der Waals surface area contributed by atoms with Crippen LogP contribution >= 0.6 is 9.24 Å². The first-order valence-electron chi connectivity index (χ1n) is 2.18. The van der Waals surface area contributed by atoms with Crippen LogP contribution in [0.1, 0.15) is 6.92 Å². The van der Waals surface area contributed by atoms with Crippen LogP contribution in [0.15, 0.2) is 16.3 Å². The molecule has 4 heteroatoms. The molecule has 1 unspecified atom stereocenters. The third kappa shape index (κ3) is 2.59. The molecule has 46 valence electrons. The lowest BCUT2D eigenvalue weighted by molar-refractivity contribution is 1.20. The van der Waals surface area contributed by atoms with Gasteiger partial charge in [-0.2, -0.15) is 0 Å². The van der Waals surface area contributed by atoms with Crippen LogP contribution in [0.5, 0.6) is 0 Å². The first kappa shape index (κ1) is 7.44. The van der Waals surface area contributed by atoms with Gasteiger partial charge in [-0.1, -0.05) is 9.24 Å². The summed E-state index contributed by atoms with van der Waals surface area (Å²) < 4.78 is 0. The maximum absolute atomic E-state index is 5.26. The summed E-state index contributed by atoms with van der Waals surface area (Å²) in [5.74, 6) is 0.359. The van der Waals surface area contributed by atoms with Crippen molar-refractivity contribution in [2.75, 3.05) is 0 Å². The molecule has 0 aliphatic rings. The molecule has 1 atom stereocenters. The Hall–Kier alpha value is -0.560. The lowest BCUT2D eigenvalue weighted by Gasteiger charge is -1.91. The lowest BCUT2D eigenvalue weighted by Crippen LogP contribution is -2.01. The van der Waals surface area contributed by atoms with E-state index in [1.54, 1.807) is 13.1 Å². The lowest BCUT2D eigenvalue weighted by atomic mass is 10.7. The van der Waals surface area contributed by atoms with Crippen molar-refractivity contribution in [1.29, 1.82) is 0 Å². The van der Waals surface area contributed by atoms with Gasteiger partial charge in [-0.15, -0.1) is 0 Å². The van der Waals surface area contributed by atoms with E-state index in [-0.39, 0.29) is 0 Å². The average Bonchev–Trinajstić information content (AvgIpc) is 1.67. The fourth-order valence-electron chi connectivity index (χ4n) is 0.214. The van der Waals surface area contributed by atoms with Crippen LogP contribution in [0.2, 0.25) is 0 Å². The molecule has 0 aromatic rings. The first-order chi connectivity index (χ1) is 3.68. The second-order valence-corrected chi connectivity index (χ2v) is 1.85. The number of aliphatic imine (C=N–C) groups is 1. The summed E-state index contributed by atoms with van der Waals surface area (Å²) in [6, 6.07) is 0. The number of hydrogen-bond acceptors (Lipinski definition) is 3. The van der Waals surface area contributed by atoms with E-state index in [1.807, 2.05) is 0 Å². The van der Waals surface area contributed by atoms with Gasteiger partial charge in [-0.05, 0) is 6.92 Å². The van der Waals surface area contributed by atoms with Gasteiger partial charge >= 0.3 is 0 Å². The zero-order valence-electron chi connectivity index (χ0n) is 4.76. The minimum Gasteiger partial charge on any atom is -0.396 e. The van der Waals surface area contributed by atoms with E-state index < -0.39 is 0 Å². The monoisotopic (exact) mass is 131 g/mol. The van der Waals surface area contributed by atoms with Crippen LogP contribution in [-0.2, 0) is 0 Å². The largest absolute Gasteiger partial charge is 0.396 e. The molecule has 0 aliphatic heterocycles. The van der Waals surface area contributed by atoms with Gasteiger partial charge in [0.2, 0.25) is 0 Å². The van der Waals surface area contributed by atoms with Crippen LogP contribution in [0, 0.1) is 0 Å². The highest BCUT2D eigenvalue weighted by Gasteiger charge is 1.83. The van der Waals surface area contributed by atoms with E-state index in [1.165, 1.54) is 0 Å². The first-order valence-corrected chi connectivity index (χ1v) is 2.75. The zero-order chi connectivity index (χ0) is 6.57. The van der Waals surface area contributed by atoms with Crippen molar-refractivity contribution in [3.63, 3.8) is 0 Å². The molecular weight excluding hydrogens is 121 g/mol. The summed E-state index contributed by atoms with van der Waals surface area (Å²) in [5.41, 5.74) is 11.0. The minimum absolute atomic E-state index is 0.359. The molecule has 0 rings (SSSR count). The van der Waals surface area contributed by atoms with E-state index >= 15 is 0 Å². The predicted molar refractivity (Wildman–Crippen MR) is 39.3 cm³/mol. The fraction of sp³-hybridized carbons (Fsp3) is 0.250. The van der Waals surface area contributed by atoms with Gasteiger partial charge in [0, 0.05) is 6.21 Å². The highest BCUT2D eigenvalue weighted by Crippen LogP contribution is 1.99. The number of nitrogens with zero attached hydrogens (tertiary/aromatic N) is 1. The molecule has 0 bridgehead atoms. The molecular formula is C4H10N3P. The Balaban J connectivity index is 4.00. The second kappa shape index (κ2) is 3.44. The van der Waals surface area contributed by atoms with Crippen LogP contribution in [0.4, 0.5) is 0 Å². The normalized spacial score (nSPS) is 14.2. The fourth-order valence-corrected chi connectivity index (χ4v) is 0.288. The molecule has 0 aromatic carbocycles. The molecule has 0 saturated carbocycles. The van der Waals surface area contributed by atoms with Gasteiger partial charge in [0.1, 0.15) is 5.82 Å². The molecule has 0 spiro atoms. The molecule has 8 heavy (non-hydrogen) atoms. The van der Waals surface area contributed by atoms with Crippen LogP contribution in [0.25, 0.3) is 0 Å². The van der Waals surface area contributed by atoms with Crippen molar-refractivity contribution < 1.29 is 0 Å². The summed E-state index contributed by atoms with van der Waals surface area (Å²) in [6.45, 7) is 1.78. The zero-order valence-corrected chi connectivity index (χ0v) is 5.91. The third-order valence-electron chi connectivity index (χ3n) is 0.564. The Labute approximate surface area is 51.0 Å². The van der Waals surface area contributed by atoms with E-state index in [2.05, 4.69) is 14.2 Å². The molecule has 0 radical (unpaired) electrons. The Morgan fingerprint density at radius 2 is 2.12 bits per heavy atom. The summed E-state index contributed by atoms with van der Waals surface area (Å²) in [7, 11) is 2.27. The van der Waals surface area contributed by atoms with E-state index in [4.69, 9.17) is 11.5 Å². The smallest absolute Gasteiger partial charge is 0.145 e. The van der Waals surface area contributed by atoms with Crippen molar-refractivity contribution in [2.24, 2.45) is 16.5 Å². The molecule has 0 saturated heterocycles. The van der Waals surface area contributed by atoms with Gasteiger partial charge in [0.05, 0.1) is 5.44 Å². The van der Waals surface area contributed by atoms with E-state index in [0.29, 0.717) is 11.3 Å². The molecule has 0 fully saturated rings. The van der Waals surface area contributed by atoms with Gasteiger partial charge in [0.25, 0.3) is 0 Å². The van der Waals surface area contributed by atoms with Gasteiger partial charge in [-0.25, -0.2) is 4.99 Å². The highest BCUT2D eigenvalue weighted by atomic mass is 31.0. The predicted octanol–water partition coefficient (Wildman–Crippen LogP) is -0.00380. The van der Waals surface area contributed by atoms with Crippen LogP contribution in [-0.4, -0.2) is 6.21 Å². The molecule has 3 nitrogen and oxygen atoms in total. The topological polar surface area (TPSA) is 64.4 Å². The molecule has 0 heterocycles. The average molecular weight is 131 g/mol. The van der Waals surface area contributed by atoms with Gasteiger partial charge < -0.3 is 11.5 Å². The maximum atomic E-state index is 5.26. The van der Waals surface area contributed by atoms with Crippen molar-refractivity contribution in [2.45, 2.75) is 6.92 Å². The van der Waals surface area contributed by atoms with Crippen molar-refractivity contribution in [1.82, 2.24) is 0 Å². The maximum Gasteiger partial charge on any atom is 0.145 e. The van der Waals surface area contributed by atoms with Crippen molar-refractivity contribution in [3.05, 3.63) is 11.3 Å². The van der Waals surface area contributed by atoms with Gasteiger partial charge in [-0.3, -0.25) is 0 Å². The Kier molecular flexibility index (Phi) is 3.20. The molecule has 4 N–H and O–H groups in total. The third-order valence-corrected chi connectivity index (χ3v) is 0.860. The quantitative estimate of drug-likeness (QED) is 0.388. The van der Waals surface area contributed by atoms with E-state index in [0.717, 1.165) is 0 Å². The SMILES string of the molecule is CC=N/C(N)=C(/N)P.